The minimum atomic E-state index is -4.20. The van der Waals surface area contributed by atoms with Crippen molar-refractivity contribution in [2.75, 3.05) is 6.61 Å². The highest BCUT2D eigenvalue weighted by molar-refractivity contribution is 7.92. The molecule has 10 nitrogen and oxygen atoms in total. The molecule has 41 heavy (non-hydrogen) atoms. The van der Waals surface area contributed by atoms with Gasteiger partial charge in [0.1, 0.15) is 12.7 Å². The maximum atomic E-state index is 14.2. The van der Waals surface area contributed by atoms with Crippen LogP contribution in [0.2, 0.25) is 0 Å². The number of ether oxygens (including phenoxy) is 2. The van der Waals surface area contributed by atoms with Gasteiger partial charge in [0.15, 0.2) is 15.6 Å². The van der Waals surface area contributed by atoms with Crippen molar-refractivity contribution >= 4 is 33.2 Å². The number of non-ortho nitro benzene ring substituents is 1. The second-order valence-electron chi connectivity index (χ2n) is 11.1. The van der Waals surface area contributed by atoms with Crippen LogP contribution in [0.4, 0.5) is 5.69 Å². The molecule has 0 heterocycles. The van der Waals surface area contributed by atoms with Gasteiger partial charge in [-0.15, -0.1) is 0 Å². The Balaban J connectivity index is 2.60. The highest BCUT2D eigenvalue weighted by atomic mass is 32.2. The second-order valence-corrected chi connectivity index (χ2v) is 13.2. The summed E-state index contributed by atoms with van der Waals surface area (Å²) in [5.74, 6) is -1.08. The summed E-state index contributed by atoms with van der Waals surface area (Å²) >= 11 is 0. The van der Waals surface area contributed by atoms with Crippen molar-refractivity contribution in [2.45, 2.75) is 90.4 Å². The summed E-state index contributed by atoms with van der Waals surface area (Å²) in [5, 5.41) is 10.2. The molecule has 1 aromatic carbocycles. The van der Waals surface area contributed by atoms with Gasteiger partial charge in [-0.1, -0.05) is 31.1 Å². The molecule has 0 aromatic heterocycles. The van der Waals surface area contributed by atoms with Crippen LogP contribution in [0.25, 0.3) is 0 Å². The van der Waals surface area contributed by atoms with Crippen LogP contribution in [0.3, 0.4) is 0 Å². The number of nitrogens with zero attached hydrogens (tertiary/aromatic N) is 1. The van der Waals surface area contributed by atoms with Crippen molar-refractivity contribution in [2.24, 2.45) is 5.41 Å². The van der Waals surface area contributed by atoms with Gasteiger partial charge in [-0.2, -0.15) is 0 Å². The number of carbonyl (C=O) groups is 3. The molecule has 0 aliphatic heterocycles. The van der Waals surface area contributed by atoms with Gasteiger partial charge in [-0.05, 0) is 68.4 Å². The van der Waals surface area contributed by atoms with Crippen molar-refractivity contribution in [3.05, 3.63) is 68.8 Å². The predicted octanol–water partition coefficient (Wildman–Crippen LogP) is 5.61. The normalized spacial score (nSPS) is 17.6. The molecule has 0 saturated carbocycles. The largest absolute Gasteiger partial charge is 0.462 e. The van der Waals surface area contributed by atoms with Crippen molar-refractivity contribution in [3.8, 4) is 0 Å². The number of hydrogen-bond acceptors (Lipinski definition) is 9. The number of benzene rings is 1. The summed E-state index contributed by atoms with van der Waals surface area (Å²) in [5.41, 5.74) is 1.27. The van der Waals surface area contributed by atoms with Crippen LogP contribution < -0.4 is 0 Å². The fourth-order valence-electron chi connectivity index (χ4n) is 5.12. The third-order valence-corrected chi connectivity index (χ3v) is 9.18. The first kappa shape index (κ1) is 33.6. The van der Waals surface area contributed by atoms with E-state index >= 15 is 0 Å². The van der Waals surface area contributed by atoms with E-state index in [0.717, 1.165) is 11.6 Å². The fourth-order valence-corrected chi connectivity index (χ4v) is 7.29. The lowest BCUT2D eigenvalue weighted by atomic mass is 9.70. The number of rotatable bonds is 12. The number of allylic oxidation sites excluding steroid dienone is 2. The van der Waals surface area contributed by atoms with Crippen LogP contribution in [0.15, 0.2) is 63.6 Å². The fraction of sp³-hybridized carbons (Fsp3) is 0.500. The number of esters is 2. The van der Waals surface area contributed by atoms with Crippen LogP contribution in [0.5, 0.6) is 0 Å². The maximum absolute atomic E-state index is 14.2. The highest BCUT2D eigenvalue weighted by Crippen LogP contribution is 2.45. The first-order valence-corrected chi connectivity index (χ1v) is 14.9. The molecule has 0 amide bonds. The van der Waals surface area contributed by atoms with Gasteiger partial charge in [-0.3, -0.25) is 24.5 Å². The molecule has 1 aromatic rings. The first-order valence-electron chi connectivity index (χ1n) is 13.3. The molecule has 0 radical (unpaired) electrons. The number of carbonyl (C=O) groups excluding carboxylic acids is 3. The number of sulfone groups is 1. The number of Topliss-reactive ketones (excluding diaryl/α,β-unsaturated/α-hetero) is 1. The van der Waals surface area contributed by atoms with Crippen molar-refractivity contribution in [3.63, 3.8) is 0 Å². The molecule has 2 unspecified atom stereocenters. The Kier molecular flexibility index (Phi) is 11.3. The van der Waals surface area contributed by atoms with Gasteiger partial charge < -0.3 is 9.47 Å². The topological polar surface area (TPSA) is 147 Å². The molecule has 0 bridgehead atoms. The molecule has 0 spiro atoms. The van der Waals surface area contributed by atoms with Gasteiger partial charge in [-0.25, -0.2) is 8.42 Å². The van der Waals surface area contributed by atoms with Crippen LogP contribution in [-0.4, -0.2) is 49.0 Å². The molecular weight excluding hydrogens is 550 g/mol. The number of hydrogen-bond donors (Lipinski definition) is 0. The lowest BCUT2D eigenvalue weighted by molar-refractivity contribution is -0.385. The SMILES string of the molecule is CC(=O)OC/C=C(\C)CC(/C=C(\C)CC(C1=C(C)C(=O)CCC1(C)C)S(=O)(=O)c1cccc([N+](=O)[O-])c1)OC(C)=O. The zero-order chi connectivity index (χ0) is 31.1. The van der Waals surface area contributed by atoms with Crippen molar-refractivity contribution < 1.29 is 37.2 Å². The smallest absolute Gasteiger partial charge is 0.303 e. The van der Waals surface area contributed by atoms with Crippen LogP contribution >= 0.6 is 0 Å². The lowest BCUT2D eigenvalue weighted by Gasteiger charge is -2.38. The molecule has 1 aliphatic carbocycles. The molecule has 224 valence electrons. The minimum absolute atomic E-state index is 0.0254. The molecule has 1 aliphatic rings. The number of ketones is 1. The monoisotopic (exact) mass is 589 g/mol. The summed E-state index contributed by atoms with van der Waals surface area (Å²) in [6.07, 6.45) is 3.67. The minimum Gasteiger partial charge on any atom is -0.462 e. The zero-order valence-corrected chi connectivity index (χ0v) is 25.5. The van der Waals surface area contributed by atoms with E-state index < -0.39 is 43.5 Å². The average molecular weight is 590 g/mol. The summed E-state index contributed by atoms with van der Waals surface area (Å²) < 4.78 is 38.8. The predicted molar refractivity (Wildman–Crippen MR) is 154 cm³/mol. The van der Waals surface area contributed by atoms with Gasteiger partial charge in [0.25, 0.3) is 5.69 Å². The average Bonchev–Trinajstić information content (AvgIpc) is 2.85. The standard InChI is InChI=1S/C30H39NO9S/c1-19(12-14-39-22(4)32)15-25(40-23(5)33)16-20(2)17-28(29-21(3)27(34)11-13-30(29,6)7)41(37,38)26-10-8-9-24(18-26)31(35)36/h8-10,12,16,18,25,28H,11,13-15,17H2,1-7H3/b19-12+,20-16+. The van der Waals surface area contributed by atoms with E-state index in [1.165, 1.54) is 32.0 Å². The Labute approximate surface area is 241 Å². The van der Waals surface area contributed by atoms with Crippen LogP contribution in [0, 0.1) is 15.5 Å². The molecule has 0 N–H and O–H groups in total. The van der Waals surface area contributed by atoms with E-state index in [1.54, 1.807) is 32.9 Å². The summed E-state index contributed by atoms with van der Waals surface area (Å²) in [6, 6.07) is 4.90. The summed E-state index contributed by atoms with van der Waals surface area (Å²) in [7, 11) is -4.20. The molecule has 11 heteroatoms. The Morgan fingerprint density at radius 2 is 1.76 bits per heavy atom. The quantitative estimate of drug-likeness (QED) is 0.131. The molecular formula is C30H39NO9S. The second kappa shape index (κ2) is 13.8. The van der Waals surface area contributed by atoms with E-state index in [9.17, 15) is 32.9 Å². The Morgan fingerprint density at radius 1 is 1.10 bits per heavy atom. The maximum Gasteiger partial charge on any atom is 0.303 e. The van der Waals surface area contributed by atoms with Gasteiger partial charge >= 0.3 is 11.9 Å². The van der Waals surface area contributed by atoms with E-state index in [1.807, 2.05) is 13.8 Å². The Bertz CT molecular complexity index is 1400. The van der Waals surface area contributed by atoms with Gasteiger partial charge in [0.2, 0.25) is 0 Å². The molecule has 2 atom stereocenters. The van der Waals surface area contributed by atoms with E-state index in [2.05, 4.69) is 0 Å². The van der Waals surface area contributed by atoms with E-state index in [0.29, 0.717) is 29.6 Å². The first-order chi connectivity index (χ1) is 19.0. The zero-order valence-electron chi connectivity index (χ0n) is 24.7. The van der Waals surface area contributed by atoms with Crippen molar-refractivity contribution in [1.82, 2.24) is 0 Å². The van der Waals surface area contributed by atoms with Gasteiger partial charge in [0.05, 0.1) is 15.1 Å². The lowest BCUT2D eigenvalue weighted by Crippen LogP contribution is -2.37. The summed E-state index contributed by atoms with van der Waals surface area (Å²) in [4.78, 5) is 46.2. The van der Waals surface area contributed by atoms with Gasteiger partial charge in [0, 0.05) is 38.8 Å². The summed E-state index contributed by atoms with van der Waals surface area (Å²) in [6.45, 7) is 11.6. The third-order valence-electron chi connectivity index (χ3n) is 7.12. The number of nitro benzene ring substituents is 1. The van der Waals surface area contributed by atoms with E-state index in [4.69, 9.17) is 9.47 Å². The molecule has 2 rings (SSSR count). The number of nitro groups is 1. The van der Waals surface area contributed by atoms with Crippen LogP contribution in [-0.2, 0) is 33.7 Å². The highest BCUT2D eigenvalue weighted by Gasteiger charge is 2.43. The Morgan fingerprint density at radius 3 is 2.34 bits per heavy atom. The van der Waals surface area contributed by atoms with Crippen LogP contribution in [0.1, 0.15) is 74.1 Å². The van der Waals surface area contributed by atoms with E-state index in [-0.39, 0.29) is 35.8 Å². The third kappa shape index (κ3) is 9.21. The van der Waals surface area contributed by atoms with Crippen molar-refractivity contribution in [1.29, 1.82) is 0 Å². The Hall–Kier alpha value is -3.60. The molecule has 0 fully saturated rings. The molecule has 0 saturated heterocycles.